The molecule has 0 aromatic carbocycles. The molecule has 0 amide bonds. The maximum atomic E-state index is 11.4. The van der Waals surface area contributed by atoms with Crippen LogP contribution in [0.25, 0.3) is 0 Å². The molecule has 1 fully saturated rings. The predicted molar refractivity (Wildman–Crippen MR) is 55.4 cm³/mol. The summed E-state index contributed by atoms with van der Waals surface area (Å²) in [6.07, 6.45) is 0.775. The van der Waals surface area contributed by atoms with E-state index in [9.17, 15) is 4.79 Å². The molecule has 0 aliphatic carbocycles. The Bertz CT molecular complexity index is 227. The van der Waals surface area contributed by atoms with Crippen molar-refractivity contribution in [3.05, 3.63) is 0 Å². The average molecular weight is 216 g/mol. The van der Waals surface area contributed by atoms with E-state index < -0.39 is 5.79 Å². The van der Waals surface area contributed by atoms with Crippen LogP contribution in [0.2, 0.25) is 0 Å². The topological polar surface area (TPSA) is 55.8 Å². The van der Waals surface area contributed by atoms with Crippen molar-refractivity contribution in [3.63, 3.8) is 0 Å². The number of ketones is 1. The molecule has 1 N–H and O–H groups in total. The van der Waals surface area contributed by atoms with E-state index in [1.54, 1.807) is 0 Å². The van der Waals surface area contributed by atoms with E-state index in [0.717, 1.165) is 0 Å². The molecule has 0 saturated carbocycles. The smallest absolute Gasteiger partial charge is 0.166 e. The van der Waals surface area contributed by atoms with Gasteiger partial charge in [-0.3, -0.25) is 4.79 Å². The van der Waals surface area contributed by atoms with Gasteiger partial charge in [-0.05, 0) is 6.92 Å². The van der Waals surface area contributed by atoms with E-state index in [-0.39, 0.29) is 24.4 Å². The monoisotopic (exact) mass is 216 g/mol. The Balaban J connectivity index is 2.35. The van der Waals surface area contributed by atoms with Gasteiger partial charge in [0.15, 0.2) is 5.79 Å². The molecular weight excluding hydrogens is 196 g/mol. The van der Waals surface area contributed by atoms with Gasteiger partial charge in [0, 0.05) is 18.8 Å². The lowest BCUT2D eigenvalue weighted by atomic mass is 10.0. The summed E-state index contributed by atoms with van der Waals surface area (Å²) in [4.78, 5) is 11.4. The van der Waals surface area contributed by atoms with E-state index in [4.69, 9.17) is 14.6 Å². The summed E-state index contributed by atoms with van der Waals surface area (Å²) in [5.41, 5.74) is 0. The van der Waals surface area contributed by atoms with Crippen LogP contribution >= 0.6 is 0 Å². The zero-order valence-electron chi connectivity index (χ0n) is 9.66. The molecule has 15 heavy (non-hydrogen) atoms. The average Bonchev–Trinajstić information content (AvgIpc) is 2.57. The first-order chi connectivity index (χ1) is 6.97. The van der Waals surface area contributed by atoms with Gasteiger partial charge in [0.1, 0.15) is 11.9 Å². The molecule has 0 bridgehead atoms. The Kier molecular flexibility index (Phi) is 4.25. The lowest BCUT2D eigenvalue weighted by Crippen LogP contribution is -2.29. The third-order valence-corrected chi connectivity index (χ3v) is 2.66. The second-order valence-corrected chi connectivity index (χ2v) is 4.49. The minimum atomic E-state index is -0.696. The van der Waals surface area contributed by atoms with E-state index in [2.05, 4.69) is 0 Å². The van der Waals surface area contributed by atoms with Crippen LogP contribution in [-0.2, 0) is 14.3 Å². The van der Waals surface area contributed by atoms with Crippen molar-refractivity contribution in [2.24, 2.45) is 5.92 Å². The van der Waals surface area contributed by atoms with Crippen LogP contribution in [0.5, 0.6) is 0 Å². The SMILES string of the molecule is CC(C)C(=O)CCC1(C)OCC(CO)O1. The summed E-state index contributed by atoms with van der Waals surface area (Å²) in [5.74, 6) is -0.419. The maximum absolute atomic E-state index is 11.4. The Morgan fingerprint density at radius 2 is 2.27 bits per heavy atom. The van der Waals surface area contributed by atoms with Crippen molar-refractivity contribution < 1.29 is 19.4 Å². The number of ether oxygens (including phenoxy) is 2. The molecule has 2 unspecified atom stereocenters. The van der Waals surface area contributed by atoms with Gasteiger partial charge in [0.2, 0.25) is 0 Å². The van der Waals surface area contributed by atoms with E-state index in [1.165, 1.54) is 0 Å². The fourth-order valence-electron chi connectivity index (χ4n) is 1.55. The first-order valence-electron chi connectivity index (χ1n) is 5.42. The van der Waals surface area contributed by atoms with Crippen LogP contribution < -0.4 is 0 Å². The normalized spacial score (nSPS) is 31.1. The highest BCUT2D eigenvalue weighted by atomic mass is 16.7. The number of aliphatic hydroxyl groups is 1. The number of hydrogen-bond donors (Lipinski definition) is 1. The Morgan fingerprint density at radius 3 is 2.73 bits per heavy atom. The minimum Gasteiger partial charge on any atom is -0.394 e. The van der Waals surface area contributed by atoms with Crippen LogP contribution in [0.1, 0.15) is 33.6 Å². The zero-order chi connectivity index (χ0) is 11.5. The van der Waals surface area contributed by atoms with Crippen LogP contribution in [0.3, 0.4) is 0 Å². The quantitative estimate of drug-likeness (QED) is 0.748. The van der Waals surface area contributed by atoms with Crippen molar-refractivity contribution in [1.82, 2.24) is 0 Å². The third kappa shape index (κ3) is 3.55. The largest absolute Gasteiger partial charge is 0.394 e. The first-order valence-corrected chi connectivity index (χ1v) is 5.42. The van der Waals surface area contributed by atoms with E-state index in [0.29, 0.717) is 19.4 Å². The lowest BCUT2D eigenvalue weighted by Gasteiger charge is -2.22. The fourth-order valence-corrected chi connectivity index (χ4v) is 1.55. The summed E-state index contributed by atoms with van der Waals surface area (Å²) in [7, 11) is 0. The van der Waals surface area contributed by atoms with Crippen LogP contribution in [-0.4, -0.2) is 36.0 Å². The van der Waals surface area contributed by atoms with Crippen molar-refractivity contribution in [3.8, 4) is 0 Å². The highest BCUT2D eigenvalue weighted by Gasteiger charge is 2.36. The number of aliphatic hydroxyl groups excluding tert-OH is 1. The maximum Gasteiger partial charge on any atom is 0.166 e. The molecule has 4 nitrogen and oxygen atoms in total. The third-order valence-electron chi connectivity index (χ3n) is 2.66. The molecule has 1 heterocycles. The number of carbonyl (C=O) groups excluding carboxylic acids is 1. The van der Waals surface area contributed by atoms with Gasteiger partial charge in [-0.15, -0.1) is 0 Å². The summed E-state index contributed by atoms with van der Waals surface area (Å²) >= 11 is 0. The first kappa shape index (κ1) is 12.6. The van der Waals surface area contributed by atoms with Crippen LogP contribution in [0.15, 0.2) is 0 Å². The standard InChI is InChI=1S/C11H20O4/c1-8(2)10(13)4-5-11(3)14-7-9(6-12)15-11/h8-9,12H,4-7H2,1-3H3. The molecule has 0 spiro atoms. The van der Waals surface area contributed by atoms with E-state index in [1.807, 2.05) is 20.8 Å². The van der Waals surface area contributed by atoms with Crippen LogP contribution in [0, 0.1) is 5.92 Å². The molecule has 1 aliphatic heterocycles. The predicted octanol–water partition coefficient (Wildman–Crippen LogP) is 1.12. The van der Waals surface area contributed by atoms with Crippen LogP contribution in [0.4, 0.5) is 0 Å². The second kappa shape index (κ2) is 5.05. The molecule has 0 aromatic rings. The van der Waals surface area contributed by atoms with Gasteiger partial charge in [-0.2, -0.15) is 0 Å². The molecule has 1 saturated heterocycles. The second-order valence-electron chi connectivity index (χ2n) is 4.49. The highest BCUT2D eigenvalue weighted by molar-refractivity contribution is 5.80. The molecule has 1 rings (SSSR count). The van der Waals surface area contributed by atoms with Gasteiger partial charge in [-0.1, -0.05) is 13.8 Å². The molecule has 88 valence electrons. The number of hydrogen-bond acceptors (Lipinski definition) is 4. The summed E-state index contributed by atoms with van der Waals surface area (Å²) in [5, 5.41) is 8.89. The Morgan fingerprint density at radius 1 is 1.60 bits per heavy atom. The number of carbonyl (C=O) groups is 1. The lowest BCUT2D eigenvalue weighted by molar-refractivity contribution is -0.165. The molecular formula is C11H20O4. The summed E-state index contributed by atoms with van der Waals surface area (Å²) in [6.45, 7) is 5.96. The minimum absolute atomic E-state index is 0.0340. The van der Waals surface area contributed by atoms with Crippen molar-refractivity contribution >= 4 is 5.78 Å². The van der Waals surface area contributed by atoms with Crippen molar-refractivity contribution in [2.45, 2.75) is 45.5 Å². The Hall–Kier alpha value is -0.450. The molecule has 4 heteroatoms. The number of rotatable bonds is 5. The molecule has 1 aliphatic rings. The zero-order valence-corrected chi connectivity index (χ0v) is 9.66. The Labute approximate surface area is 90.6 Å². The molecule has 2 atom stereocenters. The summed E-state index contributed by atoms with van der Waals surface area (Å²) < 4.78 is 10.9. The highest BCUT2D eigenvalue weighted by Crippen LogP contribution is 2.28. The van der Waals surface area contributed by atoms with Gasteiger partial charge in [-0.25, -0.2) is 0 Å². The van der Waals surface area contributed by atoms with Crippen molar-refractivity contribution in [1.29, 1.82) is 0 Å². The molecule has 0 radical (unpaired) electrons. The van der Waals surface area contributed by atoms with Gasteiger partial charge in [0.05, 0.1) is 13.2 Å². The van der Waals surface area contributed by atoms with E-state index >= 15 is 0 Å². The summed E-state index contributed by atoms with van der Waals surface area (Å²) in [6, 6.07) is 0. The fraction of sp³-hybridized carbons (Fsp3) is 0.909. The van der Waals surface area contributed by atoms with Gasteiger partial charge in [0.25, 0.3) is 0 Å². The molecule has 0 aromatic heterocycles. The van der Waals surface area contributed by atoms with Gasteiger partial charge < -0.3 is 14.6 Å². The van der Waals surface area contributed by atoms with Gasteiger partial charge >= 0.3 is 0 Å². The van der Waals surface area contributed by atoms with Crippen molar-refractivity contribution in [2.75, 3.05) is 13.2 Å². The number of Topliss-reactive ketones (excluding diaryl/α,β-unsaturated/α-hetero) is 1.